The number of ether oxygens (including phenoxy) is 6. The van der Waals surface area contributed by atoms with Crippen LogP contribution in [-0.2, 0) is 53.0 Å². The number of esters is 1. The van der Waals surface area contributed by atoms with Crippen LogP contribution in [0.15, 0.2) is 91.0 Å². The Labute approximate surface area is 270 Å². The zero-order valence-corrected chi connectivity index (χ0v) is 28.6. The predicted octanol–water partition coefficient (Wildman–Crippen LogP) is 7.41. The fourth-order valence-electron chi connectivity index (χ4n) is 4.85. The smallest absolute Gasteiger partial charge is 0.311 e. The van der Waals surface area contributed by atoms with E-state index < -0.39 is 44.2 Å². The summed E-state index contributed by atoms with van der Waals surface area (Å²) >= 11 is 0. The Hall–Kier alpha value is -2.85. The molecule has 4 rings (SSSR count). The Morgan fingerprint density at radius 2 is 1.18 bits per heavy atom. The highest BCUT2D eigenvalue weighted by Gasteiger charge is 2.51. The van der Waals surface area contributed by atoms with Gasteiger partial charge in [0.1, 0.15) is 18.3 Å². The van der Waals surface area contributed by atoms with Gasteiger partial charge in [-0.1, -0.05) is 111 Å². The van der Waals surface area contributed by atoms with E-state index in [4.69, 9.17) is 28.4 Å². The van der Waals surface area contributed by atoms with Gasteiger partial charge in [-0.25, -0.2) is 0 Å². The summed E-state index contributed by atoms with van der Waals surface area (Å²) in [6, 6.07) is 30.9. The molecule has 0 aromatic heterocycles. The number of carbonyl (C=O) groups is 1. The van der Waals surface area contributed by atoms with Gasteiger partial charge in [0.25, 0.3) is 0 Å². The van der Waals surface area contributed by atoms with E-state index in [1.54, 1.807) is 0 Å². The van der Waals surface area contributed by atoms with Crippen molar-refractivity contribution >= 4 is 14.0 Å². The largest absolute Gasteiger partial charge is 0.454 e. The molecule has 3 aromatic carbocycles. The van der Waals surface area contributed by atoms with Gasteiger partial charge < -0.3 is 28.4 Å². The summed E-state index contributed by atoms with van der Waals surface area (Å²) in [5, 5.41) is 0. The molecule has 1 aliphatic rings. The monoisotopic (exact) mass is 634 g/mol. The normalized spacial score (nSPS) is 22.2. The van der Waals surface area contributed by atoms with Gasteiger partial charge in [-0.05, 0) is 43.5 Å². The zero-order chi connectivity index (χ0) is 32.3. The molecule has 1 saturated heterocycles. The second kappa shape index (κ2) is 16.6. The number of hydrogen-bond donors (Lipinski definition) is 0. The van der Waals surface area contributed by atoms with Crippen LogP contribution in [0.25, 0.3) is 0 Å². The van der Waals surface area contributed by atoms with E-state index in [0.717, 1.165) is 22.7 Å². The van der Waals surface area contributed by atoms with Crippen molar-refractivity contribution in [1.82, 2.24) is 0 Å². The van der Waals surface area contributed by atoms with Gasteiger partial charge in [0.15, 0.2) is 12.4 Å². The fourth-order valence-corrected chi connectivity index (χ4v) is 5.58. The van der Waals surface area contributed by atoms with Crippen LogP contribution >= 0.6 is 0 Å². The van der Waals surface area contributed by atoms with Gasteiger partial charge in [-0.15, -0.1) is 0 Å². The number of carbonyl (C=O) groups excluding carboxylic acids is 1. The molecular formula is C37H50O7Si. The molecule has 0 radical (unpaired) electrons. The lowest BCUT2D eigenvalue weighted by Crippen LogP contribution is -2.62. The fraction of sp³-hybridized carbons (Fsp3) is 0.486. The van der Waals surface area contributed by atoms with Crippen molar-refractivity contribution in [1.29, 1.82) is 0 Å². The van der Waals surface area contributed by atoms with Gasteiger partial charge >= 0.3 is 5.97 Å². The average Bonchev–Trinajstić information content (AvgIpc) is 3.01. The van der Waals surface area contributed by atoms with Crippen molar-refractivity contribution in [2.45, 2.75) is 97.0 Å². The SMILES string of the molecule is CC(C)(C)C(=O)O[C@@H]1[C@@H](OCC[Si](C)(C)C)O[C@H](COCc2ccccc2)[C@@H](OCc2ccccc2)[C@@H]1OCc1ccccc1. The second-order valence-corrected chi connectivity index (χ2v) is 19.5. The highest BCUT2D eigenvalue weighted by Crippen LogP contribution is 2.33. The standard InChI is InChI=1S/C37H50O7Si/c1-37(2,3)36(38)44-34-33(42-26-30-20-14-9-15-21-30)32(41-25-29-18-12-8-13-19-29)31(27-39-24-28-16-10-7-11-17-28)43-35(34)40-22-23-45(4,5)6/h7-21,31-35H,22-27H2,1-6H3/t31-,32-,33+,34+,35+/m1/s1. The molecule has 7 nitrogen and oxygen atoms in total. The van der Waals surface area contributed by atoms with E-state index in [1.165, 1.54) is 0 Å². The van der Waals surface area contributed by atoms with E-state index in [0.29, 0.717) is 26.4 Å². The molecule has 1 aliphatic heterocycles. The summed E-state index contributed by atoms with van der Waals surface area (Å²) in [5.41, 5.74) is 2.34. The highest BCUT2D eigenvalue weighted by molar-refractivity contribution is 6.76. The third kappa shape index (κ3) is 11.5. The maximum absolute atomic E-state index is 13.4. The average molecular weight is 635 g/mol. The number of benzene rings is 3. The molecular weight excluding hydrogens is 584 g/mol. The molecule has 0 bridgehead atoms. The molecule has 0 saturated carbocycles. The lowest BCUT2D eigenvalue weighted by Gasteiger charge is -2.46. The van der Waals surface area contributed by atoms with Crippen LogP contribution in [0.2, 0.25) is 25.7 Å². The summed E-state index contributed by atoms with van der Waals surface area (Å²) in [7, 11) is -1.41. The van der Waals surface area contributed by atoms with Gasteiger partial charge in [-0.2, -0.15) is 0 Å². The van der Waals surface area contributed by atoms with Gasteiger partial charge in [0, 0.05) is 14.7 Å². The molecule has 1 heterocycles. The Kier molecular flexibility index (Phi) is 12.9. The number of hydrogen-bond acceptors (Lipinski definition) is 7. The molecule has 0 amide bonds. The van der Waals surface area contributed by atoms with Crippen LogP contribution in [0.3, 0.4) is 0 Å². The van der Waals surface area contributed by atoms with Crippen molar-refractivity contribution in [3.63, 3.8) is 0 Å². The molecule has 0 spiro atoms. The summed E-state index contributed by atoms with van der Waals surface area (Å²) < 4.78 is 38.8. The molecule has 8 heteroatoms. The van der Waals surface area contributed by atoms with Crippen molar-refractivity contribution in [3.05, 3.63) is 108 Å². The van der Waals surface area contributed by atoms with Crippen molar-refractivity contribution < 1.29 is 33.2 Å². The second-order valence-electron chi connectivity index (χ2n) is 13.9. The third-order valence-corrected chi connectivity index (χ3v) is 9.25. The quantitative estimate of drug-likeness (QED) is 0.127. The van der Waals surface area contributed by atoms with E-state index >= 15 is 0 Å². The molecule has 1 fully saturated rings. The summed E-state index contributed by atoms with van der Waals surface area (Å²) in [4.78, 5) is 13.4. The van der Waals surface area contributed by atoms with Crippen LogP contribution in [0, 0.1) is 5.41 Å². The topological polar surface area (TPSA) is 72.5 Å². The minimum atomic E-state index is -1.41. The maximum Gasteiger partial charge on any atom is 0.311 e. The lowest BCUT2D eigenvalue weighted by molar-refractivity contribution is -0.321. The zero-order valence-electron chi connectivity index (χ0n) is 27.6. The number of rotatable bonds is 15. The molecule has 0 aliphatic carbocycles. The predicted molar refractivity (Wildman–Crippen MR) is 178 cm³/mol. The third-order valence-electron chi connectivity index (χ3n) is 7.55. The van der Waals surface area contributed by atoms with Crippen LogP contribution in [0.4, 0.5) is 0 Å². The van der Waals surface area contributed by atoms with E-state index in [-0.39, 0.29) is 12.6 Å². The van der Waals surface area contributed by atoms with Crippen LogP contribution in [-0.4, -0.2) is 58.0 Å². The van der Waals surface area contributed by atoms with Crippen LogP contribution in [0.5, 0.6) is 0 Å². The van der Waals surface area contributed by atoms with Crippen molar-refractivity contribution in [2.75, 3.05) is 13.2 Å². The molecule has 0 unspecified atom stereocenters. The minimum Gasteiger partial charge on any atom is -0.454 e. The summed E-state index contributed by atoms with van der Waals surface area (Å²) in [6.07, 6.45) is -3.54. The molecule has 0 N–H and O–H groups in total. The first-order valence-corrected chi connectivity index (χ1v) is 19.6. The summed E-state index contributed by atoms with van der Waals surface area (Å²) in [6.45, 7) is 14.2. The van der Waals surface area contributed by atoms with Gasteiger partial charge in [-0.3, -0.25) is 4.79 Å². The van der Waals surface area contributed by atoms with Crippen molar-refractivity contribution in [3.8, 4) is 0 Å². The maximum atomic E-state index is 13.4. The Bertz CT molecular complexity index is 1270. The molecule has 5 atom stereocenters. The molecule has 3 aromatic rings. The first-order chi connectivity index (χ1) is 21.5. The molecule has 244 valence electrons. The minimum absolute atomic E-state index is 0.243. The van der Waals surface area contributed by atoms with Crippen LogP contribution in [0.1, 0.15) is 37.5 Å². The Morgan fingerprint density at radius 3 is 1.67 bits per heavy atom. The van der Waals surface area contributed by atoms with Gasteiger partial charge in [0.2, 0.25) is 0 Å². The van der Waals surface area contributed by atoms with E-state index in [1.807, 2.05) is 112 Å². The Morgan fingerprint density at radius 1 is 0.689 bits per heavy atom. The van der Waals surface area contributed by atoms with Crippen molar-refractivity contribution in [2.24, 2.45) is 5.41 Å². The van der Waals surface area contributed by atoms with E-state index in [2.05, 4.69) is 19.6 Å². The first-order valence-electron chi connectivity index (χ1n) is 15.9. The van der Waals surface area contributed by atoms with Gasteiger partial charge in [0.05, 0.1) is 31.8 Å². The molecule has 45 heavy (non-hydrogen) atoms. The highest BCUT2D eigenvalue weighted by atomic mass is 28.3. The first kappa shape index (κ1) is 35.0. The summed E-state index contributed by atoms with van der Waals surface area (Å²) in [5.74, 6) is -0.358. The lowest BCUT2D eigenvalue weighted by atomic mass is 9.95. The Balaban J connectivity index is 1.65. The van der Waals surface area contributed by atoms with E-state index in [9.17, 15) is 4.79 Å². The van der Waals surface area contributed by atoms with Crippen LogP contribution < -0.4 is 0 Å².